The number of anilines is 1. The zero-order chi connectivity index (χ0) is 13.2. The largest absolute Gasteiger partial charge is 0.481 e. The Hall–Kier alpha value is -2.69. The fourth-order valence-electron chi connectivity index (χ4n) is 1.87. The molecule has 0 saturated heterocycles. The van der Waals surface area contributed by atoms with E-state index in [1.54, 1.807) is 13.2 Å². The van der Waals surface area contributed by atoms with Gasteiger partial charge in [0.15, 0.2) is 5.82 Å². The van der Waals surface area contributed by atoms with Crippen LogP contribution in [0, 0.1) is 0 Å². The third-order valence-electron chi connectivity index (χ3n) is 2.79. The van der Waals surface area contributed by atoms with Gasteiger partial charge >= 0.3 is 0 Å². The summed E-state index contributed by atoms with van der Waals surface area (Å²) in [5.41, 5.74) is 7.39. The third-order valence-corrected chi connectivity index (χ3v) is 2.79. The Labute approximate surface area is 110 Å². The molecule has 19 heavy (non-hydrogen) atoms. The minimum Gasteiger partial charge on any atom is -0.481 e. The molecule has 5 nitrogen and oxygen atoms in total. The van der Waals surface area contributed by atoms with Crippen LogP contribution in [0.3, 0.4) is 0 Å². The predicted molar refractivity (Wildman–Crippen MR) is 73.7 cm³/mol. The van der Waals surface area contributed by atoms with Crippen molar-refractivity contribution in [1.29, 1.82) is 0 Å². The minimum absolute atomic E-state index is 0.449. The van der Waals surface area contributed by atoms with Gasteiger partial charge in [0.05, 0.1) is 12.6 Å². The molecule has 2 N–H and O–H groups in total. The number of fused-ring (bicyclic) bond motifs is 1. The summed E-state index contributed by atoms with van der Waals surface area (Å²) < 4.78 is 5.10. The van der Waals surface area contributed by atoms with E-state index >= 15 is 0 Å². The molecule has 0 spiro atoms. The fraction of sp³-hybridized carbons (Fsp3) is 0.0714. The number of hydrogen-bond donors (Lipinski definition) is 1. The van der Waals surface area contributed by atoms with E-state index in [0.717, 1.165) is 10.9 Å². The molecule has 0 aliphatic carbocycles. The lowest BCUT2D eigenvalue weighted by molar-refractivity contribution is 0.398. The first-order valence-electron chi connectivity index (χ1n) is 5.81. The summed E-state index contributed by atoms with van der Waals surface area (Å²) in [4.78, 5) is 13.1. The molecule has 0 unspecified atom stereocenters. The van der Waals surface area contributed by atoms with Gasteiger partial charge in [-0.05, 0) is 18.2 Å². The maximum atomic E-state index is 5.95. The van der Waals surface area contributed by atoms with Crippen LogP contribution in [-0.4, -0.2) is 22.1 Å². The molecule has 3 rings (SSSR count). The molecule has 2 heterocycles. The molecule has 0 aliphatic heterocycles. The van der Waals surface area contributed by atoms with Gasteiger partial charge in [0.1, 0.15) is 11.5 Å². The van der Waals surface area contributed by atoms with Crippen molar-refractivity contribution in [3.63, 3.8) is 0 Å². The quantitative estimate of drug-likeness (QED) is 0.757. The molecular weight excluding hydrogens is 240 g/mol. The van der Waals surface area contributed by atoms with Crippen LogP contribution in [0.1, 0.15) is 0 Å². The smallest absolute Gasteiger partial charge is 0.213 e. The molecular formula is C14H12N4O. The topological polar surface area (TPSA) is 73.9 Å². The van der Waals surface area contributed by atoms with E-state index < -0.39 is 0 Å². The zero-order valence-corrected chi connectivity index (χ0v) is 10.4. The Morgan fingerprint density at radius 1 is 0.947 bits per heavy atom. The molecule has 0 bridgehead atoms. The van der Waals surface area contributed by atoms with Crippen molar-refractivity contribution in [2.45, 2.75) is 0 Å². The first-order valence-corrected chi connectivity index (χ1v) is 5.81. The number of hydrogen-bond acceptors (Lipinski definition) is 5. The number of aromatic nitrogens is 3. The predicted octanol–water partition coefficient (Wildman–Crippen LogP) is 2.28. The fourth-order valence-corrected chi connectivity index (χ4v) is 1.87. The van der Waals surface area contributed by atoms with Crippen molar-refractivity contribution >= 4 is 16.7 Å². The molecule has 2 aromatic heterocycles. The van der Waals surface area contributed by atoms with E-state index in [0.29, 0.717) is 23.2 Å². The molecule has 0 radical (unpaired) electrons. The molecule has 1 aromatic carbocycles. The van der Waals surface area contributed by atoms with Gasteiger partial charge in [0.25, 0.3) is 0 Å². The normalized spacial score (nSPS) is 10.6. The van der Waals surface area contributed by atoms with Gasteiger partial charge in [0, 0.05) is 11.5 Å². The number of methoxy groups -OCH3 is 1. The number of nitrogens with zero attached hydrogens (tertiary/aromatic N) is 3. The Morgan fingerprint density at radius 3 is 2.63 bits per heavy atom. The SMILES string of the molecule is COc1cccc(-c2nc(N)c3ccccc3n2)n1. The van der Waals surface area contributed by atoms with Gasteiger partial charge in [0.2, 0.25) is 5.88 Å². The zero-order valence-electron chi connectivity index (χ0n) is 10.4. The number of pyridine rings is 1. The third kappa shape index (κ3) is 2.06. The van der Waals surface area contributed by atoms with E-state index in [9.17, 15) is 0 Å². The Bertz CT molecular complexity index is 742. The van der Waals surface area contributed by atoms with Crippen LogP contribution in [0.5, 0.6) is 5.88 Å². The highest BCUT2D eigenvalue weighted by Crippen LogP contribution is 2.22. The van der Waals surface area contributed by atoms with Crippen molar-refractivity contribution in [2.24, 2.45) is 0 Å². The summed E-state index contributed by atoms with van der Waals surface area (Å²) in [6.45, 7) is 0. The molecule has 0 saturated carbocycles. The van der Waals surface area contributed by atoms with Crippen molar-refractivity contribution in [3.8, 4) is 17.4 Å². The number of nitrogens with two attached hydrogens (primary N) is 1. The van der Waals surface area contributed by atoms with Gasteiger partial charge in [-0.3, -0.25) is 0 Å². The Morgan fingerprint density at radius 2 is 1.79 bits per heavy atom. The number of para-hydroxylation sites is 1. The molecule has 0 aliphatic rings. The van der Waals surface area contributed by atoms with Gasteiger partial charge in [-0.15, -0.1) is 0 Å². The molecule has 0 amide bonds. The van der Waals surface area contributed by atoms with Crippen molar-refractivity contribution in [3.05, 3.63) is 42.5 Å². The molecule has 0 atom stereocenters. The summed E-state index contributed by atoms with van der Waals surface area (Å²) in [6.07, 6.45) is 0. The second-order valence-electron chi connectivity index (χ2n) is 4.01. The lowest BCUT2D eigenvalue weighted by Crippen LogP contribution is -1.99. The van der Waals surface area contributed by atoms with Gasteiger partial charge < -0.3 is 10.5 Å². The summed E-state index contributed by atoms with van der Waals surface area (Å²) in [6, 6.07) is 13.1. The van der Waals surface area contributed by atoms with Crippen molar-refractivity contribution < 1.29 is 4.74 Å². The van der Waals surface area contributed by atoms with Crippen molar-refractivity contribution in [2.75, 3.05) is 12.8 Å². The highest BCUT2D eigenvalue weighted by atomic mass is 16.5. The van der Waals surface area contributed by atoms with Crippen LogP contribution in [0.15, 0.2) is 42.5 Å². The van der Waals surface area contributed by atoms with E-state index in [1.165, 1.54) is 0 Å². The lowest BCUT2D eigenvalue weighted by Gasteiger charge is -2.05. The Balaban J connectivity index is 2.19. The number of benzene rings is 1. The van der Waals surface area contributed by atoms with Crippen LogP contribution in [0.25, 0.3) is 22.4 Å². The molecule has 94 valence electrons. The average molecular weight is 252 g/mol. The monoisotopic (exact) mass is 252 g/mol. The highest BCUT2D eigenvalue weighted by molar-refractivity contribution is 5.89. The second-order valence-corrected chi connectivity index (χ2v) is 4.01. The van der Waals surface area contributed by atoms with E-state index in [2.05, 4.69) is 15.0 Å². The average Bonchev–Trinajstić information content (AvgIpc) is 2.47. The lowest BCUT2D eigenvalue weighted by atomic mass is 10.2. The summed E-state index contributed by atoms with van der Waals surface area (Å²) >= 11 is 0. The van der Waals surface area contributed by atoms with E-state index in [1.807, 2.05) is 36.4 Å². The standard InChI is InChI=1S/C14H12N4O/c1-19-12-8-4-7-11(16-12)14-17-10-6-3-2-5-9(10)13(15)18-14/h2-8H,1H3,(H2,15,17,18). The van der Waals surface area contributed by atoms with Crippen LogP contribution in [0.2, 0.25) is 0 Å². The molecule has 5 heteroatoms. The van der Waals surface area contributed by atoms with Gasteiger partial charge in [-0.2, -0.15) is 0 Å². The molecule has 0 fully saturated rings. The minimum atomic E-state index is 0.449. The summed E-state index contributed by atoms with van der Waals surface area (Å²) in [7, 11) is 1.57. The number of nitrogen functional groups attached to an aromatic ring is 1. The van der Waals surface area contributed by atoms with Crippen LogP contribution in [0.4, 0.5) is 5.82 Å². The van der Waals surface area contributed by atoms with Crippen molar-refractivity contribution in [1.82, 2.24) is 15.0 Å². The maximum absolute atomic E-state index is 5.95. The second kappa shape index (κ2) is 4.53. The van der Waals surface area contributed by atoms with E-state index in [4.69, 9.17) is 10.5 Å². The van der Waals surface area contributed by atoms with E-state index in [-0.39, 0.29) is 0 Å². The number of ether oxygens (including phenoxy) is 1. The summed E-state index contributed by atoms with van der Waals surface area (Å²) in [5.74, 6) is 1.47. The van der Waals surface area contributed by atoms with Gasteiger partial charge in [-0.25, -0.2) is 15.0 Å². The summed E-state index contributed by atoms with van der Waals surface area (Å²) in [5, 5.41) is 0.842. The van der Waals surface area contributed by atoms with Crippen LogP contribution in [-0.2, 0) is 0 Å². The highest BCUT2D eigenvalue weighted by Gasteiger charge is 2.08. The van der Waals surface area contributed by atoms with Crippen LogP contribution < -0.4 is 10.5 Å². The molecule has 3 aromatic rings. The van der Waals surface area contributed by atoms with Gasteiger partial charge in [-0.1, -0.05) is 18.2 Å². The number of rotatable bonds is 2. The van der Waals surface area contributed by atoms with Crippen LogP contribution >= 0.6 is 0 Å². The first-order chi connectivity index (χ1) is 9.28. The Kier molecular flexibility index (Phi) is 2.72. The first kappa shape index (κ1) is 11.4. The maximum Gasteiger partial charge on any atom is 0.213 e.